The number of aryl methyl sites for hydroxylation is 1. The number of thiophene rings is 1. The van der Waals surface area contributed by atoms with Crippen molar-refractivity contribution in [1.29, 1.82) is 0 Å². The van der Waals surface area contributed by atoms with Crippen LogP contribution in [-0.2, 0) is 11.2 Å². The van der Waals surface area contributed by atoms with E-state index in [-0.39, 0.29) is 5.97 Å². The van der Waals surface area contributed by atoms with Crippen molar-refractivity contribution in [3.63, 3.8) is 0 Å². The van der Waals surface area contributed by atoms with E-state index in [2.05, 4.69) is 30.2 Å². The number of piperidine rings is 1. The van der Waals surface area contributed by atoms with Gasteiger partial charge in [0.25, 0.3) is 0 Å². The van der Waals surface area contributed by atoms with Crippen LogP contribution in [0, 0.1) is 6.92 Å². The Morgan fingerprint density at radius 3 is 2.68 bits per heavy atom. The smallest absolute Gasteiger partial charge is 0.338 e. The van der Waals surface area contributed by atoms with Gasteiger partial charge in [-0.1, -0.05) is 11.6 Å². The first-order valence-electron chi connectivity index (χ1n) is 7.78. The summed E-state index contributed by atoms with van der Waals surface area (Å²) in [6, 6.07) is 0. The molecule has 2 rings (SSSR count). The molecule has 5 heteroatoms. The van der Waals surface area contributed by atoms with Crippen molar-refractivity contribution in [2.45, 2.75) is 32.6 Å². The molecule has 2 heterocycles. The highest BCUT2D eigenvalue weighted by Gasteiger charge is 2.16. The fourth-order valence-electron chi connectivity index (χ4n) is 2.81. The Labute approximate surface area is 137 Å². The first kappa shape index (κ1) is 17.2. The van der Waals surface area contributed by atoms with Crippen LogP contribution < -0.4 is 0 Å². The van der Waals surface area contributed by atoms with Crippen LogP contribution in [0.4, 0.5) is 0 Å². The van der Waals surface area contributed by atoms with Gasteiger partial charge < -0.3 is 4.74 Å². The zero-order chi connectivity index (χ0) is 16.1. The molecule has 0 aliphatic carbocycles. The van der Waals surface area contributed by atoms with Crippen molar-refractivity contribution in [3.8, 4) is 0 Å². The fraction of sp³-hybridized carbons (Fsp3) is 0.588. The van der Waals surface area contributed by atoms with Crippen LogP contribution in [0.3, 0.4) is 0 Å². The molecular formula is C17H26N2O2S. The second-order valence-electron chi connectivity index (χ2n) is 5.89. The summed E-state index contributed by atoms with van der Waals surface area (Å²) < 4.78 is 4.81. The first-order valence-corrected chi connectivity index (χ1v) is 8.66. The van der Waals surface area contributed by atoms with E-state index in [0.29, 0.717) is 0 Å². The van der Waals surface area contributed by atoms with Crippen LogP contribution in [-0.4, -0.2) is 50.3 Å². The molecule has 0 spiro atoms. The van der Waals surface area contributed by atoms with Crippen LogP contribution in [0.25, 0.3) is 0 Å². The van der Waals surface area contributed by atoms with Crippen LogP contribution in [0.5, 0.6) is 0 Å². The number of hydrazine groups is 1. The van der Waals surface area contributed by atoms with Crippen LogP contribution in [0.15, 0.2) is 17.0 Å². The third-order valence-electron chi connectivity index (χ3n) is 4.30. The summed E-state index contributed by atoms with van der Waals surface area (Å²) in [4.78, 5) is 12.9. The minimum atomic E-state index is -0.227. The van der Waals surface area contributed by atoms with Crippen molar-refractivity contribution in [3.05, 3.63) is 33.0 Å². The summed E-state index contributed by atoms with van der Waals surface area (Å²) in [6.45, 7) is 4.24. The van der Waals surface area contributed by atoms with E-state index in [1.54, 1.807) is 16.9 Å². The van der Waals surface area contributed by atoms with Crippen molar-refractivity contribution < 1.29 is 9.53 Å². The fourth-order valence-corrected chi connectivity index (χ4v) is 3.86. The second kappa shape index (κ2) is 7.90. The topological polar surface area (TPSA) is 32.8 Å². The van der Waals surface area contributed by atoms with Gasteiger partial charge in [0.2, 0.25) is 0 Å². The maximum atomic E-state index is 11.6. The average Bonchev–Trinajstić information content (AvgIpc) is 2.88. The lowest BCUT2D eigenvalue weighted by atomic mass is 10.0. The quantitative estimate of drug-likeness (QED) is 0.615. The number of hydrogen-bond donors (Lipinski definition) is 0. The number of carbonyl (C=O) groups excluding carboxylic acids is 1. The third kappa shape index (κ3) is 4.18. The molecule has 0 aromatic carbocycles. The molecule has 1 aromatic rings. The first-order chi connectivity index (χ1) is 10.5. The molecular weight excluding hydrogens is 296 g/mol. The van der Waals surface area contributed by atoms with Crippen molar-refractivity contribution >= 4 is 17.3 Å². The minimum Gasteiger partial charge on any atom is -0.465 e. The van der Waals surface area contributed by atoms with E-state index >= 15 is 0 Å². The monoisotopic (exact) mass is 322 g/mol. The lowest BCUT2D eigenvalue weighted by Gasteiger charge is -2.33. The highest BCUT2D eigenvalue weighted by Crippen LogP contribution is 2.25. The zero-order valence-electron chi connectivity index (χ0n) is 14.0. The summed E-state index contributed by atoms with van der Waals surface area (Å²) in [7, 11) is 5.64. The molecule has 4 nitrogen and oxygen atoms in total. The van der Waals surface area contributed by atoms with Gasteiger partial charge in [0.05, 0.1) is 12.7 Å². The molecule has 1 aliphatic heterocycles. The Morgan fingerprint density at radius 1 is 1.41 bits per heavy atom. The van der Waals surface area contributed by atoms with Gasteiger partial charge in [-0.25, -0.2) is 14.8 Å². The van der Waals surface area contributed by atoms with E-state index in [1.807, 2.05) is 12.3 Å². The number of nitrogens with zero attached hydrogens (tertiary/aromatic N) is 2. The Morgan fingerprint density at radius 2 is 2.09 bits per heavy atom. The van der Waals surface area contributed by atoms with E-state index in [4.69, 9.17) is 4.74 Å². The van der Waals surface area contributed by atoms with Gasteiger partial charge in [0.1, 0.15) is 0 Å². The zero-order valence-corrected chi connectivity index (χ0v) is 14.8. The van der Waals surface area contributed by atoms with E-state index in [0.717, 1.165) is 49.9 Å². The molecule has 0 unspecified atom stereocenters. The summed E-state index contributed by atoms with van der Waals surface area (Å²) in [5.74, 6) is -0.227. The van der Waals surface area contributed by atoms with Gasteiger partial charge in [-0.05, 0) is 38.2 Å². The number of rotatable bonds is 5. The molecule has 122 valence electrons. The second-order valence-corrected chi connectivity index (χ2v) is 6.86. The van der Waals surface area contributed by atoms with Gasteiger partial charge in [-0.2, -0.15) is 0 Å². The molecule has 0 saturated carbocycles. The Kier molecular flexibility index (Phi) is 6.17. The maximum absolute atomic E-state index is 11.6. The molecule has 0 amide bonds. The van der Waals surface area contributed by atoms with Crippen LogP contribution >= 0.6 is 11.3 Å². The van der Waals surface area contributed by atoms with Gasteiger partial charge in [0.15, 0.2) is 0 Å². The highest BCUT2D eigenvalue weighted by molar-refractivity contribution is 7.10. The largest absolute Gasteiger partial charge is 0.465 e. The number of ether oxygens (including phenoxy) is 1. The summed E-state index contributed by atoms with van der Waals surface area (Å²) in [5, 5.41) is 6.47. The predicted molar refractivity (Wildman–Crippen MR) is 91.3 cm³/mol. The van der Waals surface area contributed by atoms with E-state index in [9.17, 15) is 4.79 Å². The van der Waals surface area contributed by atoms with Gasteiger partial charge in [-0.15, -0.1) is 11.3 Å². The van der Waals surface area contributed by atoms with Gasteiger partial charge in [-0.3, -0.25) is 0 Å². The van der Waals surface area contributed by atoms with Crippen molar-refractivity contribution in [2.75, 3.05) is 34.3 Å². The lowest BCUT2D eigenvalue weighted by Crippen LogP contribution is -2.41. The Bertz CT molecular complexity index is 539. The number of esters is 1. The van der Waals surface area contributed by atoms with Gasteiger partial charge in [0, 0.05) is 37.4 Å². The summed E-state index contributed by atoms with van der Waals surface area (Å²) in [6.07, 6.45) is 6.78. The van der Waals surface area contributed by atoms with Crippen LogP contribution in [0.2, 0.25) is 0 Å². The lowest BCUT2D eigenvalue weighted by molar-refractivity contribution is 0.0176. The minimum absolute atomic E-state index is 0.227. The van der Waals surface area contributed by atoms with E-state index < -0.39 is 0 Å². The SMILES string of the molecule is COC(=O)c1csc(CCC=C2CCN(N(C)C)CC2)c1C. The summed E-state index contributed by atoms with van der Waals surface area (Å²) >= 11 is 1.67. The molecule has 0 atom stereocenters. The number of carbonyl (C=O) groups is 1. The standard InChI is InChI=1S/C17H26N2O2S/c1-13-15(17(20)21-4)12-22-16(13)7-5-6-14-8-10-19(11-9-14)18(2)3/h6,12H,5,7-11H2,1-4H3. The molecule has 1 fully saturated rings. The maximum Gasteiger partial charge on any atom is 0.338 e. The predicted octanol–water partition coefficient (Wildman–Crippen LogP) is 3.27. The molecule has 0 bridgehead atoms. The van der Waals surface area contributed by atoms with Gasteiger partial charge >= 0.3 is 5.97 Å². The summed E-state index contributed by atoms with van der Waals surface area (Å²) in [5.41, 5.74) is 3.37. The van der Waals surface area contributed by atoms with Crippen LogP contribution in [0.1, 0.15) is 40.1 Å². The number of hydrogen-bond acceptors (Lipinski definition) is 5. The number of methoxy groups -OCH3 is 1. The normalized spacial score (nSPS) is 16.1. The van der Waals surface area contributed by atoms with Crippen molar-refractivity contribution in [2.24, 2.45) is 0 Å². The molecule has 1 aliphatic rings. The molecule has 22 heavy (non-hydrogen) atoms. The third-order valence-corrected chi connectivity index (χ3v) is 5.45. The average molecular weight is 322 g/mol. The molecule has 1 aromatic heterocycles. The molecule has 0 radical (unpaired) electrons. The Balaban J connectivity index is 1.86. The Hall–Kier alpha value is -1.17. The van der Waals surface area contributed by atoms with E-state index in [1.165, 1.54) is 12.0 Å². The number of allylic oxidation sites excluding steroid dienone is 1. The van der Waals surface area contributed by atoms with Crippen molar-refractivity contribution in [1.82, 2.24) is 10.0 Å². The molecule has 0 N–H and O–H groups in total. The highest BCUT2D eigenvalue weighted by atomic mass is 32.1. The molecule has 1 saturated heterocycles.